The lowest BCUT2D eigenvalue weighted by molar-refractivity contribution is -0.117. The molecule has 190 valence electrons. The van der Waals surface area contributed by atoms with Gasteiger partial charge in [0.1, 0.15) is 18.0 Å². The number of alkyl halides is 3. The number of nitrogens with one attached hydrogen (secondary N) is 3. The van der Waals surface area contributed by atoms with E-state index in [4.69, 9.17) is 11.6 Å². The summed E-state index contributed by atoms with van der Waals surface area (Å²) in [5.41, 5.74) is 9.14. The first-order chi connectivity index (χ1) is 17.4. The van der Waals surface area contributed by atoms with Crippen LogP contribution in [0.3, 0.4) is 0 Å². The number of hydrazine groups is 1. The highest BCUT2D eigenvalue weighted by Gasteiger charge is 2.54. The Morgan fingerprint density at radius 1 is 1.25 bits per heavy atom. The van der Waals surface area contributed by atoms with Gasteiger partial charge in [0.25, 0.3) is 0 Å². The Labute approximate surface area is 212 Å². The highest BCUT2D eigenvalue weighted by Crippen LogP contribution is 2.45. The van der Waals surface area contributed by atoms with Gasteiger partial charge in [-0.25, -0.2) is 13.8 Å². The second-order valence-electron chi connectivity index (χ2n) is 10.1. The minimum atomic E-state index is -1.27. The number of rotatable bonds is 6. The van der Waals surface area contributed by atoms with Gasteiger partial charge in [0.15, 0.2) is 5.82 Å². The number of aromatic nitrogens is 3. The van der Waals surface area contributed by atoms with Crippen LogP contribution >= 0.6 is 11.6 Å². The number of amides is 1. The molecule has 3 aliphatic rings. The highest BCUT2D eigenvalue weighted by molar-refractivity contribution is 6.21. The lowest BCUT2D eigenvalue weighted by atomic mass is 9.70. The number of carbonyl (C=O) groups is 1. The number of hydrogen-bond acceptors (Lipinski definition) is 6. The monoisotopic (exact) mass is 515 g/mol. The molecule has 1 saturated heterocycles. The van der Waals surface area contributed by atoms with Gasteiger partial charge in [-0.1, -0.05) is 6.07 Å². The summed E-state index contributed by atoms with van der Waals surface area (Å²) in [5, 5.41) is 1.96. The number of nitrogens with zero attached hydrogens (tertiary/aromatic N) is 4. The van der Waals surface area contributed by atoms with E-state index < -0.39 is 29.7 Å². The zero-order valence-corrected chi connectivity index (χ0v) is 20.4. The van der Waals surface area contributed by atoms with Crippen molar-refractivity contribution in [2.24, 2.45) is 11.8 Å². The summed E-state index contributed by atoms with van der Waals surface area (Å²) in [5.74, 6) is -0.739. The molecule has 3 aromatic heterocycles. The van der Waals surface area contributed by atoms with E-state index in [0.29, 0.717) is 24.6 Å². The average molecular weight is 516 g/mol. The Kier molecular flexibility index (Phi) is 6.15. The molecule has 0 aromatic carbocycles. The maximum Gasteiger partial charge on any atom is 0.231 e. The lowest BCUT2D eigenvalue weighted by Gasteiger charge is -2.47. The number of carbonyl (C=O) groups excluding carboxylic acids is 1. The second-order valence-corrected chi connectivity index (χ2v) is 10.6. The van der Waals surface area contributed by atoms with Gasteiger partial charge in [0.2, 0.25) is 5.91 Å². The van der Waals surface area contributed by atoms with Crippen molar-refractivity contribution in [2.45, 2.75) is 48.7 Å². The van der Waals surface area contributed by atoms with E-state index >= 15 is 4.39 Å². The molecule has 3 N–H and O–H groups in total. The third-order valence-corrected chi connectivity index (χ3v) is 8.23. The molecule has 1 aliphatic heterocycles. The van der Waals surface area contributed by atoms with Crippen LogP contribution in [0, 0.1) is 11.8 Å². The van der Waals surface area contributed by atoms with E-state index in [-0.39, 0.29) is 30.2 Å². The molecule has 3 fully saturated rings. The minimum Gasteiger partial charge on any atom is -0.309 e. The Morgan fingerprint density at radius 3 is 2.78 bits per heavy atom. The zero-order valence-electron chi connectivity index (χ0n) is 19.7. The molecule has 1 amide bonds. The average Bonchev–Trinajstić information content (AvgIpc) is 3.22. The van der Waals surface area contributed by atoms with E-state index in [0.717, 1.165) is 11.1 Å². The maximum absolute atomic E-state index is 16.0. The van der Waals surface area contributed by atoms with Crippen LogP contribution in [0.15, 0.2) is 49.1 Å². The summed E-state index contributed by atoms with van der Waals surface area (Å²) in [6.07, 6.45) is 5.00. The van der Waals surface area contributed by atoms with E-state index in [2.05, 4.69) is 26.1 Å². The Balaban J connectivity index is 1.24. The summed E-state index contributed by atoms with van der Waals surface area (Å²) in [4.78, 5) is 22.6. The van der Waals surface area contributed by atoms with Crippen LogP contribution in [0.5, 0.6) is 0 Å². The van der Waals surface area contributed by atoms with Crippen LogP contribution in [-0.4, -0.2) is 68.6 Å². The minimum absolute atomic E-state index is 0.0703. The highest BCUT2D eigenvalue weighted by atomic mass is 35.5. The molecule has 2 aliphatic carbocycles. The first-order valence-corrected chi connectivity index (χ1v) is 12.6. The Hall–Kier alpha value is -2.66. The molecular weight excluding hydrogens is 488 g/mol. The van der Waals surface area contributed by atoms with Crippen LogP contribution in [0.1, 0.15) is 23.5 Å². The molecule has 6 rings (SSSR count). The van der Waals surface area contributed by atoms with Gasteiger partial charge >= 0.3 is 0 Å². The summed E-state index contributed by atoms with van der Waals surface area (Å²) in [6.45, 7) is 1.26. The van der Waals surface area contributed by atoms with Crippen molar-refractivity contribution < 1.29 is 13.6 Å². The SMILES string of the molecule is CN(Cc1ccncc1)C1C(F)C(Cl)C(c2ccc3nc(NC(=O)[C@@H]4C[C@@H]4F)cn3c2)C2CNNC21. The first kappa shape index (κ1) is 23.7. The van der Waals surface area contributed by atoms with Crippen molar-refractivity contribution in [1.82, 2.24) is 30.1 Å². The molecule has 4 heterocycles. The molecule has 6 unspecified atom stereocenters. The quantitative estimate of drug-likeness (QED) is 0.438. The van der Waals surface area contributed by atoms with Crippen LogP contribution in [0.25, 0.3) is 5.65 Å². The predicted molar refractivity (Wildman–Crippen MR) is 132 cm³/mol. The van der Waals surface area contributed by atoms with Gasteiger partial charge in [-0.2, -0.15) is 0 Å². The van der Waals surface area contributed by atoms with E-state index in [1.165, 1.54) is 0 Å². The lowest BCUT2D eigenvalue weighted by Crippen LogP contribution is -2.62. The van der Waals surface area contributed by atoms with E-state index in [9.17, 15) is 9.18 Å². The molecule has 0 radical (unpaired) electrons. The Morgan fingerprint density at radius 2 is 2.03 bits per heavy atom. The second kappa shape index (κ2) is 9.33. The molecule has 0 spiro atoms. The fourth-order valence-electron chi connectivity index (χ4n) is 5.79. The summed E-state index contributed by atoms with van der Waals surface area (Å²) in [7, 11) is 1.93. The van der Waals surface area contributed by atoms with Crippen molar-refractivity contribution in [3.05, 3.63) is 60.2 Å². The molecule has 8 nitrogen and oxygen atoms in total. The smallest absolute Gasteiger partial charge is 0.231 e. The van der Waals surface area contributed by atoms with Gasteiger partial charge in [-0.15, -0.1) is 11.6 Å². The molecule has 3 aromatic rings. The number of pyridine rings is 2. The van der Waals surface area contributed by atoms with Crippen molar-refractivity contribution in [1.29, 1.82) is 0 Å². The standard InChI is InChI=1S/C25H28ClF2N7O/c1-34(10-13-4-6-29-7-5-13)24-22(28)21(26)20(16-9-30-33-23(16)24)14-2-3-19-31-18(12-35(19)11-14)32-25(36)15-8-17(15)27/h2-7,11-12,15-17,20-24,30,33H,8-10H2,1H3,(H,32,36)/t15-,16?,17+,20?,21?,22?,23?,24?/m1/s1. The van der Waals surface area contributed by atoms with Crippen LogP contribution in [0.2, 0.25) is 0 Å². The molecule has 11 heteroatoms. The number of hydrogen-bond donors (Lipinski definition) is 3. The third-order valence-electron chi connectivity index (χ3n) is 7.72. The fourth-order valence-corrected chi connectivity index (χ4v) is 6.27. The normalized spacial score (nSPS) is 33.6. The number of anilines is 1. The maximum atomic E-state index is 16.0. The topological polar surface area (TPSA) is 86.6 Å². The number of imidazole rings is 1. The number of fused-ring (bicyclic) bond motifs is 2. The fraction of sp³-hybridized carbons (Fsp3) is 0.480. The summed E-state index contributed by atoms with van der Waals surface area (Å²) >= 11 is 6.87. The number of halogens is 3. The summed E-state index contributed by atoms with van der Waals surface area (Å²) < 4.78 is 31.0. The van der Waals surface area contributed by atoms with E-state index in [1.807, 2.05) is 42.4 Å². The van der Waals surface area contributed by atoms with Gasteiger partial charge < -0.3 is 9.72 Å². The number of likely N-dealkylation sites (N-methyl/N-ethyl adjacent to an activating group) is 1. The van der Waals surface area contributed by atoms with Gasteiger partial charge in [-0.3, -0.25) is 25.5 Å². The van der Waals surface area contributed by atoms with Crippen molar-refractivity contribution >= 4 is 29.0 Å². The zero-order chi connectivity index (χ0) is 25.0. The van der Waals surface area contributed by atoms with Crippen LogP contribution in [0.4, 0.5) is 14.6 Å². The third kappa shape index (κ3) is 4.26. The van der Waals surface area contributed by atoms with Crippen molar-refractivity contribution in [2.75, 3.05) is 18.9 Å². The van der Waals surface area contributed by atoms with Gasteiger partial charge in [-0.05, 0) is 48.7 Å². The van der Waals surface area contributed by atoms with Crippen molar-refractivity contribution in [3.8, 4) is 0 Å². The molecule has 0 bridgehead atoms. The van der Waals surface area contributed by atoms with Gasteiger partial charge in [0.05, 0.1) is 23.5 Å². The van der Waals surface area contributed by atoms with E-state index in [1.54, 1.807) is 23.0 Å². The van der Waals surface area contributed by atoms with Crippen LogP contribution in [-0.2, 0) is 11.3 Å². The summed E-state index contributed by atoms with van der Waals surface area (Å²) in [6, 6.07) is 7.09. The largest absolute Gasteiger partial charge is 0.309 e. The Bertz CT molecular complexity index is 1260. The molecule has 8 atom stereocenters. The molecule has 2 saturated carbocycles. The molecule has 36 heavy (non-hydrogen) atoms. The molecular formula is C25H28ClF2N7O. The predicted octanol–water partition coefficient (Wildman–Crippen LogP) is 2.66. The van der Waals surface area contributed by atoms with Gasteiger partial charge in [0, 0.05) is 43.6 Å². The van der Waals surface area contributed by atoms with Crippen molar-refractivity contribution in [3.63, 3.8) is 0 Å². The first-order valence-electron chi connectivity index (χ1n) is 12.2. The van der Waals surface area contributed by atoms with Crippen LogP contribution < -0.4 is 16.2 Å².